The van der Waals surface area contributed by atoms with Crippen LogP contribution in [0.3, 0.4) is 0 Å². The van der Waals surface area contributed by atoms with Gasteiger partial charge in [0.05, 0.1) is 23.6 Å². The van der Waals surface area contributed by atoms with Crippen molar-refractivity contribution in [2.45, 2.75) is 82.9 Å². The molecule has 6 heteroatoms. The van der Waals surface area contributed by atoms with Gasteiger partial charge < -0.3 is 9.72 Å². The van der Waals surface area contributed by atoms with Gasteiger partial charge in [-0.15, -0.1) is 0 Å². The maximum absolute atomic E-state index is 13.1. The number of H-pyrrole nitrogens is 1. The molecule has 9 rings (SSSR count). The monoisotopic (exact) mass is 596 g/mol. The molecule has 1 saturated heterocycles. The summed E-state index contributed by atoms with van der Waals surface area (Å²) in [6.45, 7) is 5.80. The molecule has 6 nitrogen and oxygen atoms in total. The van der Waals surface area contributed by atoms with Gasteiger partial charge in [0.2, 0.25) is 0 Å². The van der Waals surface area contributed by atoms with E-state index in [9.17, 15) is 4.79 Å². The number of likely N-dealkylation sites (tertiary alicyclic amines) is 1. The van der Waals surface area contributed by atoms with E-state index in [0.717, 1.165) is 53.8 Å². The van der Waals surface area contributed by atoms with Gasteiger partial charge in [-0.3, -0.25) is 9.89 Å². The fourth-order valence-corrected chi connectivity index (χ4v) is 8.25. The summed E-state index contributed by atoms with van der Waals surface area (Å²) in [4.78, 5) is 28.6. The molecule has 6 atom stereocenters. The summed E-state index contributed by atoms with van der Waals surface area (Å²) in [6.07, 6.45) is 10.9. The molecule has 3 heterocycles. The number of allylic oxidation sites excluding steroid dienone is 1. The molecule has 5 aliphatic rings. The van der Waals surface area contributed by atoms with E-state index < -0.39 is 5.60 Å². The number of nitrogens with zero attached hydrogens (tertiary/aromatic N) is 3. The van der Waals surface area contributed by atoms with Crippen molar-refractivity contribution in [2.24, 2.45) is 22.7 Å². The maximum Gasteiger partial charge on any atom is 0.411 e. The Labute approximate surface area is 264 Å². The van der Waals surface area contributed by atoms with Crippen LogP contribution in [0.1, 0.15) is 76.6 Å². The van der Waals surface area contributed by atoms with Crippen molar-refractivity contribution >= 4 is 28.3 Å². The second-order valence-electron chi connectivity index (χ2n) is 15.1. The lowest BCUT2D eigenvalue weighted by molar-refractivity contribution is 0.0230. The van der Waals surface area contributed by atoms with E-state index in [1.165, 1.54) is 52.5 Å². The topological polar surface area (TPSA) is 70.6 Å². The van der Waals surface area contributed by atoms with Crippen LogP contribution in [0.4, 0.5) is 4.79 Å². The molecule has 4 fully saturated rings. The van der Waals surface area contributed by atoms with Gasteiger partial charge >= 0.3 is 6.09 Å². The first-order chi connectivity index (χ1) is 21.8. The second-order valence-corrected chi connectivity index (χ2v) is 15.1. The summed E-state index contributed by atoms with van der Waals surface area (Å²) in [7, 11) is 0. The average Bonchev–Trinajstić information content (AvgIpc) is 3.60. The zero-order valence-corrected chi connectivity index (χ0v) is 26.3. The Morgan fingerprint density at radius 3 is 2.38 bits per heavy atom. The van der Waals surface area contributed by atoms with Gasteiger partial charge in [-0.2, -0.15) is 0 Å². The smallest absolute Gasteiger partial charge is 0.411 e. The Morgan fingerprint density at radius 2 is 1.58 bits per heavy atom. The number of hydrogen-bond donors (Lipinski definition) is 1. The normalized spacial score (nSPS) is 28.1. The Bertz CT molecular complexity index is 1900. The van der Waals surface area contributed by atoms with E-state index in [0.29, 0.717) is 17.9 Å². The zero-order valence-electron chi connectivity index (χ0n) is 26.3. The maximum atomic E-state index is 13.1. The van der Waals surface area contributed by atoms with Gasteiger partial charge in [0, 0.05) is 35.2 Å². The number of carbonyl (C=O) groups excluding carboxylic acids is 1. The van der Waals surface area contributed by atoms with Crippen molar-refractivity contribution in [3.05, 3.63) is 84.3 Å². The number of carbonyl (C=O) groups is 1. The van der Waals surface area contributed by atoms with E-state index >= 15 is 0 Å². The molecule has 3 aromatic carbocycles. The fraction of sp³-hybridized carbons (Fsp3) is 0.410. The highest BCUT2D eigenvalue weighted by Crippen LogP contribution is 2.57. The first kappa shape index (κ1) is 27.1. The van der Waals surface area contributed by atoms with Crippen molar-refractivity contribution in [3.8, 4) is 22.4 Å². The molecule has 1 aromatic heterocycles. The molecule has 1 amide bonds. The van der Waals surface area contributed by atoms with Gasteiger partial charge in [-0.1, -0.05) is 48.5 Å². The molecule has 0 spiro atoms. The van der Waals surface area contributed by atoms with Crippen LogP contribution in [-0.2, 0) is 4.74 Å². The van der Waals surface area contributed by atoms with Crippen molar-refractivity contribution in [3.63, 3.8) is 0 Å². The van der Waals surface area contributed by atoms with E-state index in [1.807, 2.05) is 31.9 Å². The first-order valence-electron chi connectivity index (χ1n) is 16.7. The molecule has 3 aliphatic carbocycles. The third kappa shape index (κ3) is 4.99. The number of aromatic nitrogens is 2. The van der Waals surface area contributed by atoms with Crippen LogP contribution in [-0.4, -0.2) is 44.4 Å². The van der Waals surface area contributed by atoms with Gasteiger partial charge in [0.1, 0.15) is 11.4 Å². The number of aliphatic imine (C=N–C) groups is 1. The number of ether oxygens (including phenoxy) is 1. The van der Waals surface area contributed by atoms with E-state index in [1.54, 1.807) is 0 Å². The van der Waals surface area contributed by atoms with Gasteiger partial charge in [-0.25, -0.2) is 9.78 Å². The lowest BCUT2D eigenvalue weighted by Gasteiger charge is -2.30. The molecule has 1 N–H and O–H groups in total. The van der Waals surface area contributed by atoms with Crippen LogP contribution in [0, 0.1) is 17.8 Å². The van der Waals surface area contributed by atoms with Crippen LogP contribution in [0.2, 0.25) is 0 Å². The summed E-state index contributed by atoms with van der Waals surface area (Å²) in [5, 5.41) is 2.45. The van der Waals surface area contributed by atoms with Crippen LogP contribution < -0.4 is 0 Å². The third-order valence-electron chi connectivity index (χ3n) is 10.7. The van der Waals surface area contributed by atoms with Gasteiger partial charge in [0.15, 0.2) is 0 Å². The standard InChI is InChI=1S/C39H40N4O2/c1-39(2,3)45-38(44)43-35-19-30(35)20-36(43)33-12-11-32(41-33)26-6-4-5-22(14-26)23-7-8-25-15-27(10-9-24(25)13-23)34-21-40-37(42-34)31-17-28-16-29(28)18-31/h4-11,13-15,21,28-31,35-36H,12,16-20H2,1-3H3,(H,40,42)/t28-,29+,30-,31?,35-,36+/m1/s1. The number of imidazole rings is 1. The summed E-state index contributed by atoms with van der Waals surface area (Å²) in [5.41, 5.74) is 7.35. The minimum atomic E-state index is -0.500. The molecule has 4 aromatic rings. The molecular formula is C39H40N4O2. The summed E-state index contributed by atoms with van der Waals surface area (Å²) < 4.78 is 5.78. The molecule has 3 saturated carbocycles. The largest absolute Gasteiger partial charge is 0.444 e. The van der Waals surface area contributed by atoms with Crippen molar-refractivity contribution in [1.82, 2.24) is 14.9 Å². The number of rotatable bonds is 5. The summed E-state index contributed by atoms with van der Waals surface area (Å²) in [5.74, 6) is 4.28. The minimum Gasteiger partial charge on any atom is -0.444 e. The SMILES string of the molecule is CC(C)(C)OC(=O)N1[C@@H]2C[C@@H]2C[C@H]1C1=NC(c2cccc(-c3ccc4cc(-c5cnc(C6C[C@@H]7C[C@@H]7C6)[nH]5)ccc4c3)c2)=CC1. The van der Waals surface area contributed by atoms with Crippen molar-refractivity contribution in [1.29, 1.82) is 0 Å². The second kappa shape index (κ2) is 9.90. The summed E-state index contributed by atoms with van der Waals surface area (Å²) >= 11 is 0. The predicted octanol–water partition coefficient (Wildman–Crippen LogP) is 8.99. The number of piperidine rings is 1. The third-order valence-corrected chi connectivity index (χ3v) is 10.7. The molecule has 1 unspecified atom stereocenters. The van der Waals surface area contributed by atoms with Crippen LogP contribution >= 0.6 is 0 Å². The lowest BCUT2D eigenvalue weighted by atomic mass is 9.97. The van der Waals surface area contributed by atoms with E-state index in [2.05, 4.69) is 71.7 Å². The molecule has 45 heavy (non-hydrogen) atoms. The van der Waals surface area contributed by atoms with Crippen molar-refractivity contribution in [2.75, 3.05) is 0 Å². The highest BCUT2D eigenvalue weighted by atomic mass is 16.6. The number of amides is 1. The Hall–Kier alpha value is -4.19. The number of benzene rings is 3. The van der Waals surface area contributed by atoms with Crippen LogP contribution in [0.25, 0.3) is 38.9 Å². The summed E-state index contributed by atoms with van der Waals surface area (Å²) in [6, 6.07) is 22.4. The average molecular weight is 597 g/mol. The Kier molecular flexibility index (Phi) is 5.97. The predicted molar refractivity (Wildman–Crippen MR) is 179 cm³/mol. The van der Waals surface area contributed by atoms with Gasteiger partial charge in [0.25, 0.3) is 0 Å². The zero-order chi connectivity index (χ0) is 30.4. The Balaban J connectivity index is 0.930. The number of aromatic amines is 1. The van der Waals surface area contributed by atoms with Crippen molar-refractivity contribution < 1.29 is 9.53 Å². The van der Waals surface area contributed by atoms with Crippen LogP contribution in [0.5, 0.6) is 0 Å². The fourth-order valence-electron chi connectivity index (χ4n) is 8.25. The number of fused-ring (bicyclic) bond motifs is 3. The molecular weight excluding hydrogens is 556 g/mol. The number of hydrogen-bond acceptors (Lipinski definition) is 4. The van der Waals surface area contributed by atoms with E-state index in [4.69, 9.17) is 14.7 Å². The first-order valence-corrected chi connectivity index (χ1v) is 16.7. The molecule has 0 bridgehead atoms. The van der Waals surface area contributed by atoms with E-state index in [-0.39, 0.29) is 12.1 Å². The lowest BCUT2D eigenvalue weighted by Crippen LogP contribution is -2.45. The number of nitrogens with one attached hydrogen (secondary N) is 1. The van der Waals surface area contributed by atoms with Gasteiger partial charge in [-0.05, 0) is 111 Å². The highest BCUT2D eigenvalue weighted by molar-refractivity contribution is 6.01. The van der Waals surface area contributed by atoms with Crippen LogP contribution in [0.15, 0.2) is 77.9 Å². The highest BCUT2D eigenvalue weighted by Gasteiger charge is 2.56. The Morgan fingerprint density at radius 1 is 0.844 bits per heavy atom. The molecule has 2 aliphatic heterocycles. The molecule has 0 radical (unpaired) electrons. The minimum absolute atomic E-state index is 0.0347. The quantitative estimate of drug-likeness (QED) is 0.250. The molecule has 228 valence electrons.